The van der Waals surface area contributed by atoms with Crippen LogP contribution in [-0.2, 0) is 5.88 Å². The summed E-state index contributed by atoms with van der Waals surface area (Å²) in [5, 5.41) is 7.82. The summed E-state index contributed by atoms with van der Waals surface area (Å²) in [7, 11) is 0. The third-order valence-corrected chi connectivity index (χ3v) is 3.12. The highest BCUT2D eigenvalue weighted by atomic mass is 79.9. The predicted octanol–water partition coefficient (Wildman–Crippen LogP) is 3.56. The van der Waals surface area contributed by atoms with Gasteiger partial charge >= 0.3 is 0 Å². The van der Waals surface area contributed by atoms with Crippen molar-refractivity contribution in [2.75, 3.05) is 0 Å². The highest BCUT2D eigenvalue weighted by Crippen LogP contribution is 2.30. The molecule has 0 bridgehead atoms. The number of hydrogen-bond acceptors (Lipinski definition) is 2. The van der Waals surface area contributed by atoms with Crippen molar-refractivity contribution in [1.29, 1.82) is 0 Å². The van der Waals surface area contributed by atoms with Gasteiger partial charge in [0.2, 0.25) is 0 Å². The Bertz CT molecular complexity index is 506. The first kappa shape index (κ1) is 11.8. The monoisotopic (exact) mass is 323 g/mol. The molecule has 3 nitrogen and oxygen atoms in total. The van der Waals surface area contributed by atoms with Crippen LogP contribution in [0.5, 0.6) is 0 Å². The van der Waals surface area contributed by atoms with E-state index in [1.165, 1.54) is 23.0 Å². The zero-order valence-corrected chi connectivity index (χ0v) is 10.9. The lowest BCUT2D eigenvalue weighted by molar-refractivity contribution is 0.625. The van der Waals surface area contributed by atoms with Crippen LogP contribution in [0.3, 0.4) is 0 Å². The number of hydrogen-bond donors (Lipinski definition) is 0. The van der Waals surface area contributed by atoms with E-state index in [1.807, 2.05) is 0 Å². The largest absolute Gasteiger partial charge is 0.214 e. The number of alkyl halides is 1. The maximum absolute atomic E-state index is 13.0. The van der Waals surface area contributed by atoms with Crippen LogP contribution in [0.15, 0.2) is 22.8 Å². The number of aromatic nitrogens is 3. The second kappa shape index (κ2) is 4.69. The minimum absolute atomic E-state index is 0.240. The van der Waals surface area contributed by atoms with E-state index in [1.54, 1.807) is 0 Å². The van der Waals surface area contributed by atoms with E-state index in [0.717, 1.165) is 0 Å². The Labute approximate surface area is 109 Å². The van der Waals surface area contributed by atoms with Crippen molar-refractivity contribution in [3.8, 4) is 5.69 Å². The molecular weight excluding hydrogens is 320 g/mol. The van der Waals surface area contributed by atoms with Gasteiger partial charge in [0.15, 0.2) is 0 Å². The zero-order chi connectivity index (χ0) is 11.7. The molecule has 0 spiro atoms. The fourth-order valence-corrected chi connectivity index (χ4v) is 2.46. The molecule has 0 fully saturated rings. The van der Waals surface area contributed by atoms with E-state index in [9.17, 15) is 4.39 Å². The average molecular weight is 325 g/mol. The highest BCUT2D eigenvalue weighted by Gasteiger charge is 2.14. The molecule has 2 aromatic rings. The van der Waals surface area contributed by atoms with Crippen LogP contribution in [0.1, 0.15) is 5.69 Å². The predicted molar refractivity (Wildman–Crippen MR) is 63.6 cm³/mol. The van der Waals surface area contributed by atoms with Gasteiger partial charge < -0.3 is 0 Å². The van der Waals surface area contributed by atoms with Crippen LogP contribution in [0, 0.1) is 5.82 Å². The molecule has 0 amide bonds. The van der Waals surface area contributed by atoms with Crippen LogP contribution >= 0.6 is 39.1 Å². The van der Waals surface area contributed by atoms with Gasteiger partial charge in [-0.3, -0.25) is 0 Å². The molecule has 1 aromatic heterocycles. The minimum Gasteiger partial charge on any atom is -0.214 e. The van der Waals surface area contributed by atoms with Gasteiger partial charge in [0.25, 0.3) is 0 Å². The fourth-order valence-electron chi connectivity index (χ4n) is 1.27. The van der Waals surface area contributed by atoms with Crippen LogP contribution in [0.4, 0.5) is 4.39 Å². The van der Waals surface area contributed by atoms with E-state index < -0.39 is 5.82 Å². The lowest BCUT2D eigenvalue weighted by Gasteiger charge is -2.08. The molecule has 0 atom stereocenters. The van der Waals surface area contributed by atoms with Gasteiger partial charge in [-0.05, 0) is 28.1 Å². The smallest absolute Gasteiger partial charge is 0.125 e. The molecule has 7 heteroatoms. The Hall–Kier alpha value is -0.650. The first-order chi connectivity index (χ1) is 7.63. The zero-order valence-electron chi connectivity index (χ0n) is 7.79. The number of halogens is 4. The first-order valence-electron chi connectivity index (χ1n) is 4.24. The molecule has 0 unspecified atom stereocenters. The van der Waals surface area contributed by atoms with Crippen molar-refractivity contribution in [1.82, 2.24) is 15.0 Å². The maximum Gasteiger partial charge on any atom is 0.125 e. The number of benzene rings is 1. The van der Waals surface area contributed by atoms with Crippen molar-refractivity contribution >= 4 is 39.1 Å². The van der Waals surface area contributed by atoms with Gasteiger partial charge in [-0.2, -0.15) is 0 Å². The lowest BCUT2D eigenvalue weighted by atomic mass is 10.3. The van der Waals surface area contributed by atoms with Gasteiger partial charge in [-0.1, -0.05) is 16.8 Å². The van der Waals surface area contributed by atoms with Crippen LogP contribution < -0.4 is 0 Å². The van der Waals surface area contributed by atoms with Crippen LogP contribution in [0.2, 0.25) is 5.02 Å². The van der Waals surface area contributed by atoms with E-state index >= 15 is 0 Å². The van der Waals surface area contributed by atoms with E-state index in [0.29, 0.717) is 15.9 Å². The molecule has 0 aliphatic heterocycles. The number of nitrogens with zero attached hydrogens (tertiary/aromatic N) is 3. The summed E-state index contributed by atoms with van der Waals surface area (Å²) in [6, 6.07) is 2.52. The Morgan fingerprint density at radius 3 is 2.81 bits per heavy atom. The van der Waals surface area contributed by atoms with Crippen molar-refractivity contribution < 1.29 is 4.39 Å². The van der Waals surface area contributed by atoms with Gasteiger partial charge in [0.1, 0.15) is 5.82 Å². The summed E-state index contributed by atoms with van der Waals surface area (Å²) in [6.07, 6.45) is 1.53. The molecule has 0 aliphatic carbocycles. The number of rotatable bonds is 2. The summed E-state index contributed by atoms with van der Waals surface area (Å²) in [4.78, 5) is 0. The normalized spacial score (nSPS) is 10.8. The second-order valence-corrected chi connectivity index (χ2v) is 4.52. The van der Waals surface area contributed by atoms with Gasteiger partial charge in [-0.25, -0.2) is 9.07 Å². The lowest BCUT2D eigenvalue weighted by Crippen LogP contribution is -2.03. The summed E-state index contributed by atoms with van der Waals surface area (Å²) in [5.74, 6) is -0.180. The minimum atomic E-state index is -0.423. The maximum atomic E-state index is 13.0. The van der Waals surface area contributed by atoms with Crippen LogP contribution in [0.25, 0.3) is 5.69 Å². The Morgan fingerprint density at radius 2 is 2.19 bits per heavy atom. The summed E-state index contributed by atoms with van der Waals surface area (Å²) >= 11 is 14.9. The van der Waals surface area contributed by atoms with E-state index in [-0.39, 0.29) is 10.9 Å². The molecule has 0 radical (unpaired) electrons. The van der Waals surface area contributed by atoms with E-state index in [2.05, 4.69) is 26.2 Å². The molecule has 0 aliphatic rings. The van der Waals surface area contributed by atoms with Gasteiger partial charge in [-0.15, -0.1) is 16.7 Å². The third kappa shape index (κ3) is 2.07. The van der Waals surface area contributed by atoms with Crippen molar-refractivity contribution in [3.63, 3.8) is 0 Å². The molecule has 0 saturated heterocycles. The second-order valence-electron chi connectivity index (χ2n) is 2.99. The molecule has 1 heterocycles. The van der Waals surface area contributed by atoms with Crippen LogP contribution in [-0.4, -0.2) is 15.0 Å². The molecule has 0 saturated carbocycles. The van der Waals surface area contributed by atoms with Crippen molar-refractivity contribution in [2.24, 2.45) is 0 Å². The van der Waals surface area contributed by atoms with Gasteiger partial charge in [0, 0.05) is 4.47 Å². The molecule has 1 aromatic carbocycles. The Morgan fingerprint density at radius 1 is 1.44 bits per heavy atom. The molecule has 0 N–H and O–H groups in total. The Kier molecular flexibility index (Phi) is 3.47. The summed E-state index contributed by atoms with van der Waals surface area (Å²) in [6.45, 7) is 0. The molecule has 2 rings (SSSR count). The molecular formula is C9H5BrCl2FN3. The topological polar surface area (TPSA) is 30.7 Å². The van der Waals surface area contributed by atoms with E-state index in [4.69, 9.17) is 23.2 Å². The first-order valence-corrected chi connectivity index (χ1v) is 5.94. The third-order valence-electron chi connectivity index (χ3n) is 1.95. The van der Waals surface area contributed by atoms with Crippen molar-refractivity contribution in [3.05, 3.63) is 39.3 Å². The standard InChI is InChI=1S/C9H5BrCl2FN3/c10-7-1-5(13)2-8(12)9(7)16-6(3-11)4-14-15-16/h1-2,4H,3H2. The molecule has 16 heavy (non-hydrogen) atoms. The summed E-state index contributed by atoms with van der Waals surface area (Å²) < 4.78 is 15.0. The SMILES string of the molecule is Fc1cc(Cl)c(-n2nncc2CCl)c(Br)c1. The summed E-state index contributed by atoms with van der Waals surface area (Å²) in [5.41, 5.74) is 1.20. The Balaban J connectivity index is 2.64. The molecule has 84 valence electrons. The average Bonchev–Trinajstić information content (AvgIpc) is 2.64. The highest BCUT2D eigenvalue weighted by molar-refractivity contribution is 9.10. The van der Waals surface area contributed by atoms with Gasteiger partial charge in [0.05, 0.1) is 28.5 Å². The van der Waals surface area contributed by atoms with Crippen molar-refractivity contribution in [2.45, 2.75) is 5.88 Å². The fraction of sp³-hybridized carbons (Fsp3) is 0.111. The quantitative estimate of drug-likeness (QED) is 0.791.